The molecule has 0 bridgehead atoms. The molecule has 0 radical (unpaired) electrons. The van der Waals surface area contributed by atoms with Crippen LogP contribution >= 0.6 is 15.9 Å². The highest BCUT2D eigenvalue weighted by Gasteiger charge is 2.13. The summed E-state index contributed by atoms with van der Waals surface area (Å²) in [5.41, 5.74) is 2.15. The van der Waals surface area contributed by atoms with Crippen LogP contribution in [0, 0.1) is 0 Å². The van der Waals surface area contributed by atoms with Crippen LogP contribution in [0.5, 0.6) is 0 Å². The van der Waals surface area contributed by atoms with Crippen molar-refractivity contribution in [2.24, 2.45) is 0 Å². The van der Waals surface area contributed by atoms with Gasteiger partial charge in [0.25, 0.3) is 0 Å². The van der Waals surface area contributed by atoms with Crippen molar-refractivity contribution in [1.29, 1.82) is 0 Å². The molecular weight excluding hydrogens is 308 g/mol. The van der Waals surface area contributed by atoms with E-state index in [-0.39, 0.29) is 11.9 Å². The number of nitrogens with one attached hydrogen (secondary N) is 2. The van der Waals surface area contributed by atoms with E-state index in [1.54, 1.807) is 0 Å². The minimum Gasteiger partial charge on any atom is -0.353 e. The topological polar surface area (TPSA) is 59.0 Å². The average molecular weight is 331 g/mol. The molecule has 0 atom stereocenters. The number of hydrogen-bond acceptors (Lipinski definition) is 3. The fourth-order valence-electron chi connectivity index (χ4n) is 1.85. The van der Waals surface area contributed by atoms with Crippen molar-refractivity contribution in [3.63, 3.8) is 0 Å². The molecule has 0 aliphatic carbocycles. The van der Waals surface area contributed by atoms with Gasteiger partial charge in [-0.2, -0.15) is 5.10 Å². The van der Waals surface area contributed by atoms with Crippen molar-refractivity contribution in [2.75, 3.05) is 6.54 Å². The molecule has 0 aliphatic heterocycles. The molecule has 19 heavy (non-hydrogen) atoms. The van der Waals surface area contributed by atoms with E-state index in [1.807, 2.05) is 18.5 Å². The third kappa shape index (κ3) is 4.62. The third-order valence-electron chi connectivity index (χ3n) is 2.72. The predicted molar refractivity (Wildman–Crippen MR) is 80.0 cm³/mol. The average Bonchev–Trinajstić information content (AvgIpc) is 2.65. The highest BCUT2D eigenvalue weighted by molar-refractivity contribution is 9.10. The molecule has 0 aromatic carbocycles. The van der Waals surface area contributed by atoms with Crippen molar-refractivity contribution in [3.05, 3.63) is 15.9 Å². The molecule has 1 aromatic rings. The van der Waals surface area contributed by atoms with E-state index in [9.17, 15) is 4.79 Å². The number of amides is 1. The SMILES string of the molecule is CCc1nn(CC)c(CNCC(=O)NC(C)C)c1Br. The Morgan fingerprint density at radius 3 is 2.63 bits per heavy atom. The summed E-state index contributed by atoms with van der Waals surface area (Å²) in [5, 5.41) is 10.5. The molecule has 108 valence electrons. The minimum atomic E-state index is 0.0180. The van der Waals surface area contributed by atoms with Gasteiger partial charge in [-0.15, -0.1) is 0 Å². The van der Waals surface area contributed by atoms with Crippen molar-refractivity contribution in [1.82, 2.24) is 20.4 Å². The van der Waals surface area contributed by atoms with Gasteiger partial charge in [-0.05, 0) is 43.1 Å². The van der Waals surface area contributed by atoms with Crippen LogP contribution in [0.3, 0.4) is 0 Å². The Labute approximate surface area is 123 Å². The number of carbonyl (C=O) groups excluding carboxylic acids is 1. The van der Waals surface area contributed by atoms with Gasteiger partial charge in [0.1, 0.15) is 0 Å². The summed E-state index contributed by atoms with van der Waals surface area (Å²) < 4.78 is 3.02. The summed E-state index contributed by atoms with van der Waals surface area (Å²) in [6, 6.07) is 0.175. The van der Waals surface area contributed by atoms with E-state index in [4.69, 9.17) is 0 Å². The van der Waals surface area contributed by atoms with Crippen LogP contribution in [-0.4, -0.2) is 28.3 Å². The maximum atomic E-state index is 11.5. The largest absolute Gasteiger partial charge is 0.353 e. The summed E-state index contributed by atoms with van der Waals surface area (Å²) >= 11 is 3.59. The third-order valence-corrected chi connectivity index (χ3v) is 3.64. The standard InChI is InChI=1S/C13H23BrN4O/c1-5-10-13(14)11(18(6-2)17-10)7-15-8-12(19)16-9(3)4/h9,15H,5-8H2,1-4H3,(H,16,19). The first-order valence-electron chi connectivity index (χ1n) is 6.73. The molecule has 1 rings (SSSR count). The molecule has 0 fully saturated rings. The predicted octanol–water partition coefficient (Wildman–Crippen LogP) is 1.84. The lowest BCUT2D eigenvalue weighted by molar-refractivity contribution is -0.120. The number of rotatable bonds is 7. The van der Waals surface area contributed by atoms with Crippen LogP contribution in [0.1, 0.15) is 39.1 Å². The van der Waals surface area contributed by atoms with Gasteiger partial charge >= 0.3 is 0 Å². The van der Waals surface area contributed by atoms with Gasteiger partial charge in [0.15, 0.2) is 0 Å². The Kier molecular flexibility index (Phi) is 6.51. The number of aromatic nitrogens is 2. The maximum absolute atomic E-state index is 11.5. The zero-order valence-corrected chi connectivity index (χ0v) is 13.7. The quantitative estimate of drug-likeness (QED) is 0.802. The zero-order valence-electron chi connectivity index (χ0n) is 12.1. The Hall–Kier alpha value is -0.880. The highest BCUT2D eigenvalue weighted by Crippen LogP contribution is 2.22. The Morgan fingerprint density at radius 1 is 1.42 bits per heavy atom. The van der Waals surface area contributed by atoms with Crippen molar-refractivity contribution < 1.29 is 4.79 Å². The van der Waals surface area contributed by atoms with Crippen LogP contribution in [0.25, 0.3) is 0 Å². The Bertz CT molecular complexity index is 429. The number of hydrogen-bond donors (Lipinski definition) is 2. The molecule has 1 heterocycles. The van der Waals surface area contributed by atoms with Crippen molar-refractivity contribution in [2.45, 2.75) is 53.2 Å². The first-order valence-corrected chi connectivity index (χ1v) is 7.52. The van der Waals surface area contributed by atoms with Crippen LogP contribution in [0.2, 0.25) is 0 Å². The summed E-state index contributed by atoms with van der Waals surface area (Å²) in [5.74, 6) is 0.0180. The van der Waals surface area contributed by atoms with E-state index in [0.717, 1.165) is 28.8 Å². The molecule has 6 heteroatoms. The first-order chi connectivity index (χ1) is 8.99. The number of halogens is 1. The van der Waals surface area contributed by atoms with E-state index < -0.39 is 0 Å². The van der Waals surface area contributed by atoms with Gasteiger partial charge in [0.2, 0.25) is 5.91 Å². The normalized spacial score (nSPS) is 11.1. The van der Waals surface area contributed by atoms with Crippen LogP contribution in [0.15, 0.2) is 4.47 Å². The van der Waals surface area contributed by atoms with Gasteiger partial charge in [-0.1, -0.05) is 6.92 Å². The summed E-state index contributed by atoms with van der Waals surface area (Å²) in [7, 11) is 0. The fourth-order valence-corrected chi connectivity index (χ4v) is 2.56. The summed E-state index contributed by atoms with van der Waals surface area (Å²) in [6.07, 6.45) is 0.897. The first kappa shape index (κ1) is 16.2. The molecule has 2 N–H and O–H groups in total. The van der Waals surface area contributed by atoms with E-state index >= 15 is 0 Å². The van der Waals surface area contributed by atoms with Crippen LogP contribution in [-0.2, 0) is 24.3 Å². The number of nitrogens with zero attached hydrogens (tertiary/aromatic N) is 2. The Balaban J connectivity index is 2.57. The van der Waals surface area contributed by atoms with Crippen molar-refractivity contribution >= 4 is 21.8 Å². The van der Waals surface area contributed by atoms with Gasteiger partial charge < -0.3 is 10.6 Å². The summed E-state index contributed by atoms with van der Waals surface area (Å²) in [6.45, 7) is 9.83. The molecule has 0 unspecified atom stereocenters. The summed E-state index contributed by atoms with van der Waals surface area (Å²) in [4.78, 5) is 11.5. The van der Waals surface area contributed by atoms with Crippen LogP contribution < -0.4 is 10.6 Å². The fraction of sp³-hybridized carbons (Fsp3) is 0.692. The monoisotopic (exact) mass is 330 g/mol. The van der Waals surface area contributed by atoms with Crippen LogP contribution in [0.4, 0.5) is 0 Å². The van der Waals surface area contributed by atoms with E-state index in [0.29, 0.717) is 13.1 Å². The molecule has 0 saturated carbocycles. The maximum Gasteiger partial charge on any atom is 0.234 e. The lowest BCUT2D eigenvalue weighted by Crippen LogP contribution is -2.37. The van der Waals surface area contributed by atoms with Gasteiger partial charge in [0, 0.05) is 19.1 Å². The molecule has 0 spiro atoms. The lowest BCUT2D eigenvalue weighted by atomic mass is 10.3. The lowest BCUT2D eigenvalue weighted by Gasteiger charge is -2.10. The highest BCUT2D eigenvalue weighted by atomic mass is 79.9. The number of aryl methyl sites for hydroxylation is 2. The van der Waals surface area contributed by atoms with Crippen molar-refractivity contribution in [3.8, 4) is 0 Å². The number of carbonyl (C=O) groups is 1. The molecule has 1 amide bonds. The smallest absolute Gasteiger partial charge is 0.234 e. The molecule has 1 aromatic heterocycles. The minimum absolute atomic E-state index is 0.0180. The van der Waals surface area contributed by atoms with Gasteiger partial charge in [0.05, 0.1) is 22.4 Å². The van der Waals surface area contributed by atoms with E-state index in [1.165, 1.54) is 0 Å². The Morgan fingerprint density at radius 2 is 2.11 bits per heavy atom. The molecule has 5 nitrogen and oxygen atoms in total. The molecular formula is C13H23BrN4O. The molecule has 0 aliphatic rings. The van der Waals surface area contributed by atoms with Gasteiger partial charge in [-0.3, -0.25) is 9.48 Å². The van der Waals surface area contributed by atoms with Gasteiger partial charge in [-0.25, -0.2) is 0 Å². The second-order valence-corrected chi connectivity index (χ2v) is 5.50. The van der Waals surface area contributed by atoms with E-state index in [2.05, 4.69) is 45.5 Å². The molecule has 0 saturated heterocycles. The second-order valence-electron chi connectivity index (χ2n) is 4.70. The second kappa shape index (κ2) is 7.65. The zero-order chi connectivity index (χ0) is 14.4.